The fourth-order valence-electron chi connectivity index (χ4n) is 4.52. The van der Waals surface area contributed by atoms with Crippen molar-refractivity contribution in [3.8, 4) is 0 Å². The van der Waals surface area contributed by atoms with Crippen LogP contribution in [0.3, 0.4) is 0 Å². The molecule has 0 aliphatic carbocycles. The summed E-state index contributed by atoms with van der Waals surface area (Å²) in [6.07, 6.45) is -0.514. The SMILES string of the molecule is N[C@@H](CC(=O)N1Cc2ccccc2C[C@H]1C(=O)Nc1ccccc1)CN1CC(F)(F)CCC1=O. The molecule has 180 valence electrons. The van der Waals surface area contributed by atoms with E-state index in [0.717, 1.165) is 16.0 Å². The Morgan fingerprint density at radius 3 is 2.50 bits per heavy atom. The molecule has 3 amide bonds. The monoisotopic (exact) mass is 470 g/mol. The van der Waals surface area contributed by atoms with E-state index in [1.807, 2.05) is 30.3 Å². The first-order valence-electron chi connectivity index (χ1n) is 11.4. The van der Waals surface area contributed by atoms with Crippen LogP contribution in [0, 0.1) is 0 Å². The van der Waals surface area contributed by atoms with Crippen molar-refractivity contribution in [1.29, 1.82) is 0 Å². The summed E-state index contributed by atoms with van der Waals surface area (Å²) in [6, 6.07) is 15.0. The number of nitrogens with two attached hydrogens (primary N) is 1. The Morgan fingerprint density at radius 2 is 1.76 bits per heavy atom. The zero-order valence-corrected chi connectivity index (χ0v) is 18.8. The molecule has 0 bridgehead atoms. The number of carbonyl (C=O) groups excluding carboxylic acids is 3. The highest BCUT2D eigenvalue weighted by Crippen LogP contribution is 2.28. The first-order valence-corrected chi connectivity index (χ1v) is 11.4. The van der Waals surface area contributed by atoms with Crippen LogP contribution in [0.1, 0.15) is 30.4 Å². The Bertz CT molecular complexity index is 1060. The summed E-state index contributed by atoms with van der Waals surface area (Å²) in [7, 11) is 0. The molecule has 9 heteroatoms. The maximum absolute atomic E-state index is 13.7. The summed E-state index contributed by atoms with van der Waals surface area (Å²) in [5.74, 6) is -4.00. The molecule has 0 saturated carbocycles. The van der Waals surface area contributed by atoms with Gasteiger partial charge in [0.2, 0.25) is 17.7 Å². The van der Waals surface area contributed by atoms with Gasteiger partial charge in [0.25, 0.3) is 5.92 Å². The average molecular weight is 471 g/mol. The van der Waals surface area contributed by atoms with E-state index in [-0.39, 0.29) is 43.7 Å². The Balaban J connectivity index is 1.47. The molecule has 0 radical (unpaired) electrons. The topological polar surface area (TPSA) is 95.7 Å². The zero-order chi connectivity index (χ0) is 24.3. The van der Waals surface area contributed by atoms with E-state index in [0.29, 0.717) is 12.1 Å². The molecule has 2 aromatic carbocycles. The number of halogens is 2. The second-order valence-electron chi connectivity index (χ2n) is 8.96. The smallest absolute Gasteiger partial charge is 0.265 e. The van der Waals surface area contributed by atoms with Crippen LogP contribution in [0.4, 0.5) is 14.5 Å². The number of piperidine rings is 1. The summed E-state index contributed by atoms with van der Waals surface area (Å²) in [5.41, 5.74) is 8.68. The fourth-order valence-corrected chi connectivity index (χ4v) is 4.52. The van der Waals surface area contributed by atoms with Gasteiger partial charge in [-0.15, -0.1) is 0 Å². The number of benzene rings is 2. The Kier molecular flexibility index (Phi) is 6.92. The summed E-state index contributed by atoms with van der Waals surface area (Å²) >= 11 is 0. The van der Waals surface area contributed by atoms with Crippen LogP contribution in [0.2, 0.25) is 0 Å². The largest absolute Gasteiger partial charge is 0.335 e. The second kappa shape index (κ2) is 9.89. The van der Waals surface area contributed by atoms with Gasteiger partial charge in [0, 0.05) is 50.5 Å². The molecule has 34 heavy (non-hydrogen) atoms. The number of amides is 3. The number of carbonyl (C=O) groups is 3. The standard InChI is InChI=1S/C25H28F2N4O3/c26-25(27)11-10-22(32)30(16-25)15-19(28)13-23(33)31-14-18-7-5-4-6-17(18)12-21(31)24(34)29-20-8-2-1-3-9-20/h1-9,19,21H,10-16,28H2,(H,29,34)/t19-,21-/m0/s1. The number of hydrogen-bond donors (Lipinski definition) is 2. The number of para-hydroxylation sites is 1. The predicted octanol–water partition coefficient (Wildman–Crippen LogP) is 2.55. The molecule has 2 atom stereocenters. The maximum atomic E-state index is 13.7. The first kappa shape index (κ1) is 23.8. The van der Waals surface area contributed by atoms with Gasteiger partial charge in [-0.3, -0.25) is 14.4 Å². The second-order valence-corrected chi connectivity index (χ2v) is 8.96. The Labute approximate surface area is 196 Å². The lowest BCUT2D eigenvalue weighted by molar-refractivity contribution is -0.148. The van der Waals surface area contributed by atoms with Gasteiger partial charge in [-0.2, -0.15) is 0 Å². The predicted molar refractivity (Wildman–Crippen MR) is 123 cm³/mol. The van der Waals surface area contributed by atoms with Gasteiger partial charge in [0.15, 0.2) is 0 Å². The van der Waals surface area contributed by atoms with Gasteiger partial charge in [-0.05, 0) is 23.3 Å². The minimum absolute atomic E-state index is 0.133. The lowest BCUT2D eigenvalue weighted by atomic mass is 9.92. The van der Waals surface area contributed by atoms with Crippen molar-refractivity contribution in [3.05, 3.63) is 65.7 Å². The normalized spacial score (nSPS) is 20.4. The van der Waals surface area contributed by atoms with Gasteiger partial charge < -0.3 is 20.9 Å². The van der Waals surface area contributed by atoms with E-state index < -0.39 is 31.0 Å². The van der Waals surface area contributed by atoms with E-state index in [1.54, 1.807) is 24.3 Å². The molecule has 0 aromatic heterocycles. The third-order valence-electron chi connectivity index (χ3n) is 6.28. The first-order chi connectivity index (χ1) is 16.2. The highest BCUT2D eigenvalue weighted by Gasteiger charge is 2.40. The highest BCUT2D eigenvalue weighted by molar-refractivity contribution is 5.97. The molecular formula is C25H28F2N4O3. The van der Waals surface area contributed by atoms with Crippen molar-refractivity contribution in [3.63, 3.8) is 0 Å². The maximum Gasteiger partial charge on any atom is 0.265 e. The van der Waals surface area contributed by atoms with Crippen LogP contribution >= 0.6 is 0 Å². The number of anilines is 1. The van der Waals surface area contributed by atoms with E-state index in [9.17, 15) is 23.2 Å². The van der Waals surface area contributed by atoms with Crippen molar-refractivity contribution in [2.24, 2.45) is 5.73 Å². The van der Waals surface area contributed by atoms with Crippen molar-refractivity contribution >= 4 is 23.4 Å². The van der Waals surface area contributed by atoms with Crippen molar-refractivity contribution in [2.75, 3.05) is 18.4 Å². The minimum Gasteiger partial charge on any atom is -0.335 e. The molecule has 7 nitrogen and oxygen atoms in total. The van der Waals surface area contributed by atoms with Gasteiger partial charge >= 0.3 is 0 Å². The number of nitrogens with zero attached hydrogens (tertiary/aromatic N) is 2. The van der Waals surface area contributed by atoms with E-state index in [1.165, 1.54) is 4.90 Å². The minimum atomic E-state index is -2.95. The number of hydrogen-bond acceptors (Lipinski definition) is 4. The van der Waals surface area contributed by atoms with Crippen LogP contribution in [0.25, 0.3) is 0 Å². The van der Waals surface area contributed by atoms with Gasteiger partial charge in [-0.1, -0.05) is 42.5 Å². The Morgan fingerprint density at radius 1 is 1.09 bits per heavy atom. The van der Waals surface area contributed by atoms with Gasteiger partial charge in [-0.25, -0.2) is 8.78 Å². The molecule has 2 aliphatic heterocycles. The molecule has 3 N–H and O–H groups in total. The highest BCUT2D eigenvalue weighted by atomic mass is 19.3. The summed E-state index contributed by atoms with van der Waals surface area (Å²) < 4.78 is 27.5. The number of alkyl halides is 2. The molecule has 1 saturated heterocycles. The van der Waals surface area contributed by atoms with Crippen LogP contribution < -0.4 is 11.1 Å². The van der Waals surface area contributed by atoms with Crippen LogP contribution in [0.5, 0.6) is 0 Å². The summed E-state index contributed by atoms with van der Waals surface area (Å²) in [6.45, 7) is -0.576. The van der Waals surface area contributed by atoms with Gasteiger partial charge in [0.1, 0.15) is 6.04 Å². The molecule has 4 rings (SSSR count). The van der Waals surface area contributed by atoms with E-state index >= 15 is 0 Å². The summed E-state index contributed by atoms with van der Waals surface area (Å²) in [4.78, 5) is 41.0. The number of nitrogens with one attached hydrogen (secondary N) is 1. The number of fused-ring (bicyclic) bond motifs is 1. The molecular weight excluding hydrogens is 442 g/mol. The Hall–Kier alpha value is -3.33. The zero-order valence-electron chi connectivity index (χ0n) is 18.8. The van der Waals surface area contributed by atoms with Crippen LogP contribution in [-0.2, 0) is 27.3 Å². The van der Waals surface area contributed by atoms with E-state index in [2.05, 4.69) is 5.32 Å². The number of likely N-dealkylation sites (tertiary alicyclic amines) is 1. The van der Waals surface area contributed by atoms with Crippen LogP contribution in [0.15, 0.2) is 54.6 Å². The van der Waals surface area contributed by atoms with Crippen molar-refractivity contribution in [2.45, 2.75) is 50.2 Å². The quantitative estimate of drug-likeness (QED) is 0.678. The third kappa shape index (κ3) is 5.59. The number of rotatable bonds is 6. The molecule has 2 aliphatic rings. The molecule has 1 fully saturated rings. The van der Waals surface area contributed by atoms with E-state index in [4.69, 9.17) is 5.73 Å². The van der Waals surface area contributed by atoms with Crippen LogP contribution in [-0.4, -0.2) is 58.6 Å². The average Bonchev–Trinajstić information content (AvgIpc) is 2.81. The van der Waals surface area contributed by atoms with Gasteiger partial charge in [0.05, 0.1) is 6.54 Å². The molecule has 0 spiro atoms. The fraction of sp³-hybridized carbons (Fsp3) is 0.400. The summed E-state index contributed by atoms with van der Waals surface area (Å²) in [5, 5.41) is 2.86. The van der Waals surface area contributed by atoms with Crippen molar-refractivity contribution in [1.82, 2.24) is 9.80 Å². The van der Waals surface area contributed by atoms with Crippen molar-refractivity contribution < 1.29 is 23.2 Å². The lowest BCUT2D eigenvalue weighted by Crippen LogP contribution is -2.54. The molecule has 2 heterocycles. The lowest BCUT2D eigenvalue weighted by Gasteiger charge is -2.37. The molecule has 2 aromatic rings. The molecule has 0 unspecified atom stereocenters. The third-order valence-corrected chi connectivity index (χ3v) is 6.28.